The minimum Gasteiger partial charge on any atom is -0.350 e. The fourth-order valence-electron chi connectivity index (χ4n) is 1.60. The van der Waals surface area contributed by atoms with E-state index in [0.717, 1.165) is 10.4 Å². The van der Waals surface area contributed by atoms with Crippen LogP contribution in [0.4, 0.5) is 16.2 Å². The van der Waals surface area contributed by atoms with Gasteiger partial charge in [0.2, 0.25) is 0 Å². The quantitative estimate of drug-likeness (QED) is 0.822. The van der Waals surface area contributed by atoms with Crippen molar-refractivity contribution in [2.24, 2.45) is 16.0 Å². The number of primary amides is 1. The number of nitrogens with zero attached hydrogens (tertiary/aromatic N) is 4. The highest BCUT2D eigenvalue weighted by atomic mass is 16.2. The second-order valence-corrected chi connectivity index (χ2v) is 3.81. The highest BCUT2D eigenvalue weighted by Crippen LogP contribution is 2.25. The molecular weight excluding hydrogens is 230 g/mol. The Morgan fingerprint density at radius 1 is 1.22 bits per heavy atom. The van der Waals surface area contributed by atoms with E-state index in [1.807, 2.05) is 30.3 Å². The first kappa shape index (κ1) is 12.0. The molecule has 0 aliphatic heterocycles. The molecule has 0 atom stereocenters. The van der Waals surface area contributed by atoms with Gasteiger partial charge in [0.15, 0.2) is 0 Å². The third kappa shape index (κ3) is 2.27. The molecule has 1 aromatic carbocycles. The molecule has 1 heterocycles. The topological polar surface area (TPSA) is 85.6 Å². The van der Waals surface area contributed by atoms with E-state index in [4.69, 9.17) is 5.73 Å². The molecule has 0 spiro atoms. The maximum atomic E-state index is 11.1. The largest absolute Gasteiger partial charge is 0.350 e. The van der Waals surface area contributed by atoms with E-state index in [1.165, 1.54) is 0 Å². The van der Waals surface area contributed by atoms with Crippen molar-refractivity contribution in [1.82, 2.24) is 9.78 Å². The molecule has 1 aromatic heterocycles. The highest BCUT2D eigenvalue weighted by molar-refractivity contribution is 5.76. The van der Waals surface area contributed by atoms with Crippen molar-refractivity contribution in [2.75, 3.05) is 0 Å². The van der Waals surface area contributed by atoms with E-state index in [2.05, 4.69) is 15.3 Å². The molecule has 2 aromatic rings. The van der Waals surface area contributed by atoms with Gasteiger partial charge in [-0.2, -0.15) is 14.9 Å². The first-order chi connectivity index (χ1) is 8.59. The second-order valence-electron chi connectivity index (χ2n) is 3.81. The zero-order chi connectivity index (χ0) is 13.1. The van der Waals surface area contributed by atoms with Crippen molar-refractivity contribution >= 4 is 17.4 Å². The third-order valence-corrected chi connectivity index (χ3v) is 2.48. The number of azo groups is 1. The number of aromatic nitrogens is 2. The summed E-state index contributed by atoms with van der Waals surface area (Å²) in [6.45, 7) is 3.48. The van der Waals surface area contributed by atoms with Crippen LogP contribution in [0.2, 0.25) is 0 Å². The van der Waals surface area contributed by atoms with Crippen LogP contribution in [0, 0.1) is 13.8 Å². The van der Waals surface area contributed by atoms with Crippen LogP contribution >= 0.6 is 0 Å². The van der Waals surface area contributed by atoms with Crippen molar-refractivity contribution < 1.29 is 4.79 Å². The molecule has 1 amide bonds. The molecule has 92 valence electrons. The average Bonchev–Trinajstić information content (AvgIpc) is 2.64. The second kappa shape index (κ2) is 4.79. The van der Waals surface area contributed by atoms with Gasteiger partial charge in [-0.1, -0.05) is 18.2 Å². The van der Waals surface area contributed by atoms with Gasteiger partial charge in [-0.05, 0) is 26.0 Å². The van der Waals surface area contributed by atoms with E-state index in [9.17, 15) is 4.79 Å². The van der Waals surface area contributed by atoms with Gasteiger partial charge >= 0.3 is 6.03 Å². The summed E-state index contributed by atoms with van der Waals surface area (Å²) in [5, 5.41) is 12.2. The molecule has 0 fully saturated rings. The number of benzene rings is 1. The molecule has 0 bridgehead atoms. The Bertz CT molecular complexity index is 600. The Morgan fingerprint density at radius 3 is 2.44 bits per heavy atom. The van der Waals surface area contributed by atoms with E-state index in [0.29, 0.717) is 17.1 Å². The SMILES string of the molecule is Cc1nn(C(N)=O)c(C)c1N=Nc1ccccc1. The monoisotopic (exact) mass is 243 g/mol. The number of hydrogen-bond donors (Lipinski definition) is 1. The molecule has 18 heavy (non-hydrogen) atoms. The Hall–Kier alpha value is -2.50. The highest BCUT2D eigenvalue weighted by Gasteiger charge is 2.13. The smallest absolute Gasteiger partial charge is 0.339 e. The van der Waals surface area contributed by atoms with Gasteiger partial charge in [0.25, 0.3) is 0 Å². The van der Waals surface area contributed by atoms with Crippen LogP contribution in [-0.2, 0) is 0 Å². The maximum absolute atomic E-state index is 11.1. The van der Waals surface area contributed by atoms with Crippen LogP contribution in [0.5, 0.6) is 0 Å². The van der Waals surface area contributed by atoms with Gasteiger partial charge in [-0.25, -0.2) is 4.79 Å². The maximum Gasteiger partial charge on any atom is 0.339 e. The zero-order valence-corrected chi connectivity index (χ0v) is 10.2. The van der Waals surface area contributed by atoms with Crippen LogP contribution < -0.4 is 5.73 Å². The molecule has 6 nitrogen and oxygen atoms in total. The molecule has 6 heteroatoms. The standard InChI is InChI=1S/C12H13N5O/c1-8-11(9(2)17(16-8)12(13)18)15-14-10-6-4-3-5-7-10/h3-7H,1-2H3,(H2,13,18). The van der Waals surface area contributed by atoms with Gasteiger partial charge in [0.05, 0.1) is 17.1 Å². The summed E-state index contributed by atoms with van der Waals surface area (Å²) in [5.74, 6) is 0. The van der Waals surface area contributed by atoms with E-state index in [1.54, 1.807) is 13.8 Å². The van der Waals surface area contributed by atoms with Crippen molar-refractivity contribution in [3.63, 3.8) is 0 Å². The fourth-order valence-corrected chi connectivity index (χ4v) is 1.60. The fraction of sp³-hybridized carbons (Fsp3) is 0.167. The molecule has 0 saturated carbocycles. The van der Waals surface area contributed by atoms with Gasteiger partial charge in [-0.15, -0.1) is 5.11 Å². The molecule has 2 N–H and O–H groups in total. The number of aryl methyl sites for hydroxylation is 1. The first-order valence-electron chi connectivity index (χ1n) is 5.42. The predicted octanol–water partition coefficient (Wildman–Crippen LogP) is 2.84. The lowest BCUT2D eigenvalue weighted by Gasteiger charge is -1.96. The van der Waals surface area contributed by atoms with E-state index >= 15 is 0 Å². The summed E-state index contributed by atoms with van der Waals surface area (Å²) < 4.78 is 1.12. The van der Waals surface area contributed by atoms with Crippen LogP contribution in [0.1, 0.15) is 11.4 Å². The molecule has 0 aliphatic rings. The Kier molecular flexibility index (Phi) is 3.18. The number of carbonyl (C=O) groups excluding carboxylic acids is 1. The normalized spacial score (nSPS) is 11.0. The van der Waals surface area contributed by atoms with Crippen LogP contribution in [0.25, 0.3) is 0 Å². The lowest BCUT2D eigenvalue weighted by molar-refractivity contribution is 0.247. The van der Waals surface area contributed by atoms with Crippen LogP contribution in [-0.4, -0.2) is 15.8 Å². The number of nitrogens with two attached hydrogens (primary N) is 1. The molecular formula is C12H13N5O. The number of amides is 1. The summed E-state index contributed by atoms with van der Waals surface area (Å²) >= 11 is 0. The van der Waals surface area contributed by atoms with Crippen molar-refractivity contribution in [1.29, 1.82) is 0 Å². The molecule has 0 saturated heterocycles. The third-order valence-electron chi connectivity index (χ3n) is 2.48. The summed E-state index contributed by atoms with van der Waals surface area (Å²) in [4.78, 5) is 11.1. The van der Waals surface area contributed by atoms with Gasteiger partial charge in [0, 0.05) is 0 Å². The lowest BCUT2D eigenvalue weighted by atomic mass is 10.3. The average molecular weight is 243 g/mol. The zero-order valence-electron chi connectivity index (χ0n) is 10.2. The number of rotatable bonds is 2. The minimum atomic E-state index is -0.628. The summed E-state index contributed by atoms with van der Waals surface area (Å²) in [6.07, 6.45) is 0. The Balaban J connectivity index is 2.35. The van der Waals surface area contributed by atoms with E-state index in [-0.39, 0.29) is 0 Å². The van der Waals surface area contributed by atoms with Gasteiger partial charge in [-0.3, -0.25) is 0 Å². The summed E-state index contributed by atoms with van der Waals surface area (Å²) in [5.41, 5.74) is 7.70. The van der Waals surface area contributed by atoms with Crippen molar-refractivity contribution in [3.8, 4) is 0 Å². The van der Waals surface area contributed by atoms with Crippen LogP contribution in [0.15, 0.2) is 40.6 Å². The molecule has 0 aliphatic carbocycles. The van der Waals surface area contributed by atoms with Gasteiger partial charge < -0.3 is 5.73 Å². The van der Waals surface area contributed by atoms with Crippen LogP contribution in [0.3, 0.4) is 0 Å². The Morgan fingerprint density at radius 2 is 1.89 bits per heavy atom. The number of hydrogen-bond acceptors (Lipinski definition) is 4. The minimum absolute atomic E-state index is 0.567. The van der Waals surface area contributed by atoms with Crippen molar-refractivity contribution in [3.05, 3.63) is 41.7 Å². The Labute approximate surface area is 104 Å². The molecule has 2 rings (SSSR count). The molecule has 0 unspecified atom stereocenters. The first-order valence-corrected chi connectivity index (χ1v) is 5.42. The van der Waals surface area contributed by atoms with Crippen molar-refractivity contribution in [2.45, 2.75) is 13.8 Å². The number of carbonyl (C=O) groups is 1. The summed E-state index contributed by atoms with van der Waals surface area (Å²) in [7, 11) is 0. The van der Waals surface area contributed by atoms with Gasteiger partial charge in [0.1, 0.15) is 5.69 Å². The molecule has 0 radical (unpaired) electrons. The van der Waals surface area contributed by atoms with E-state index < -0.39 is 6.03 Å². The lowest BCUT2D eigenvalue weighted by Crippen LogP contribution is -2.21. The summed E-state index contributed by atoms with van der Waals surface area (Å²) in [6, 6.07) is 8.71. The predicted molar refractivity (Wildman–Crippen MR) is 67.3 cm³/mol.